The lowest BCUT2D eigenvalue weighted by molar-refractivity contribution is 0.0760. The molecule has 1 fully saturated rings. The Hall–Kier alpha value is -1.72. The van der Waals surface area contributed by atoms with Crippen LogP contribution in [0, 0.1) is 12.8 Å². The predicted molar refractivity (Wildman–Crippen MR) is 93.7 cm³/mol. The summed E-state index contributed by atoms with van der Waals surface area (Å²) >= 11 is 1.59. The van der Waals surface area contributed by atoms with Crippen molar-refractivity contribution in [3.8, 4) is 0 Å². The van der Waals surface area contributed by atoms with E-state index < -0.39 is 0 Å². The number of pyridine rings is 1. The number of amides is 1. The molecule has 0 N–H and O–H groups in total. The maximum atomic E-state index is 12.6. The fourth-order valence-electron chi connectivity index (χ4n) is 3.51. The predicted octanol–water partition coefficient (Wildman–Crippen LogP) is 3.22. The molecular weight excluding hydrogens is 306 g/mol. The summed E-state index contributed by atoms with van der Waals surface area (Å²) in [5, 5.41) is 3.98. The van der Waals surface area contributed by atoms with E-state index in [1.54, 1.807) is 11.3 Å². The standard InChI is InChI=1S/C18H23N3OS/c1-13-11-23-12-16(13)18(22)21(3)10-15-6-8-20(2)17(15)14-5-4-7-19-9-14/h4-5,7,9,11-12,15,17H,6,8,10H2,1-3H3/t15-,17-/m0/s1. The fourth-order valence-corrected chi connectivity index (χ4v) is 4.34. The molecule has 2 aromatic heterocycles. The van der Waals surface area contributed by atoms with E-state index in [1.807, 2.05) is 48.1 Å². The first-order valence-electron chi connectivity index (χ1n) is 7.96. The topological polar surface area (TPSA) is 36.4 Å². The molecule has 23 heavy (non-hydrogen) atoms. The molecule has 3 rings (SSSR count). The monoisotopic (exact) mass is 329 g/mol. The molecule has 4 nitrogen and oxygen atoms in total. The molecule has 2 aromatic rings. The Morgan fingerprint density at radius 1 is 1.48 bits per heavy atom. The Bertz CT molecular complexity index is 670. The van der Waals surface area contributed by atoms with E-state index in [0.29, 0.717) is 12.0 Å². The van der Waals surface area contributed by atoms with Gasteiger partial charge in [-0.2, -0.15) is 11.3 Å². The third-order valence-corrected chi connectivity index (χ3v) is 5.60. The highest BCUT2D eigenvalue weighted by Gasteiger charge is 2.34. The van der Waals surface area contributed by atoms with Crippen LogP contribution in [0.3, 0.4) is 0 Å². The highest BCUT2D eigenvalue weighted by Crippen LogP contribution is 2.36. The molecule has 0 aromatic carbocycles. The van der Waals surface area contributed by atoms with Crippen LogP contribution in [-0.2, 0) is 0 Å². The van der Waals surface area contributed by atoms with Gasteiger partial charge < -0.3 is 4.90 Å². The van der Waals surface area contributed by atoms with Crippen molar-refractivity contribution in [2.45, 2.75) is 19.4 Å². The van der Waals surface area contributed by atoms with Gasteiger partial charge in [0.2, 0.25) is 0 Å². The molecule has 1 amide bonds. The van der Waals surface area contributed by atoms with Crippen molar-refractivity contribution in [1.29, 1.82) is 0 Å². The summed E-state index contributed by atoms with van der Waals surface area (Å²) in [6, 6.07) is 4.46. The minimum absolute atomic E-state index is 0.128. The number of hydrogen-bond donors (Lipinski definition) is 0. The van der Waals surface area contributed by atoms with Gasteiger partial charge in [0.05, 0.1) is 5.56 Å². The van der Waals surface area contributed by atoms with E-state index >= 15 is 0 Å². The van der Waals surface area contributed by atoms with Crippen LogP contribution in [-0.4, -0.2) is 47.9 Å². The summed E-state index contributed by atoms with van der Waals surface area (Å²) in [7, 11) is 4.07. The van der Waals surface area contributed by atoms with Crippen LogP contribution in [0.4, 0.5) is 0 Å². The zero-order valence-electron chi connectivity index (χ0n) is 13.9. The third kappa shape index (κ3) is 3.31. The molecular formula is C18H23N3OS. The second-order valence-electron chi connectivity index (χ2n) is 6.41. The number of aromatic nitrogens is 1. The lowest BCUT2D eigenvalue weighted by atomic mass is 9.94. The lowest BCUT2D eigenvalue weighted by Gasteiger charge is -2.28. The van der Waals surface area contributed by atoms with Crippen molar-refractivity contribution >= 4 is 17.2 Å². The molecule has 2 atom stereocenters. The van der Waals surface area contributed by atoms with Gasteiger partial charge in [-0.1, -0.05) is 6.07 Å². The molecule has 0 unspecified atom stereocenters. The zero-order chi connectivity index (χ0) is 16.4. The maximum absolute atomic E-state index is 12.6. The van der Waals surface area contributed by atoms with E-state index in [4.69, 9.17) is 0 Å². The fraction of sp³-hybridized carbons (Fsp3) is 0.444. The number of carbonyl (C=O) groups is 1. The van der Waals surface area contributed by atoms with E-state index in [1.165, 1.54) is 5.56 Å². The summed E-state index contributed by atoms with van der Waals surface area (Å²) in [6.45, 7) is 3.83. The average molecular weight is 329 g/mol. The van der Waals surface area contributed by atoms with Crippen molar-refractivity contribution in [3.63, 3.8) is 0 Å². The molecule has 1 aliphatic heterocycles. The first kappa shape index (κ1) is 16.1. The van der Waals surface area contributed by atoms with Crippen molar-refractivity contribution in [2.24, 2.45) is 5.92 Å². The van der Waals surface area contributed by atoms with E-state index in [9.17, 15) is 4.79 Å². The number of thiophene rings is 1. The van der Waals surface area contributed by atoms with Crippen LogP contribution < -0.4 is 0 Å². The molecule has 0 aliphatic carbocycles. The van der Waals surface area contributed by atoms with Crippen LogP contribution in [0.1, 0.15) is 33.9 Å². The molecule has 0 saturated carbocycles. The number of hydrogen-bond acceptors (Lipinski definition) is 4. The average Bonchev–Trinajstić information content (AvgIpc) is 3.13. The SMILES string of the molecule is Cc1cscc1C(=O)N(C)C[C@@H]1CCN(C)[C@H]1c1cccnc1. The smallest absolute Gasteiger partial charge is 0.254 e. The Balaban J connectivity index is 1.74. The Kier molecular flexibility index (Phi) is 4.78. The minimum atomic E-state index is 0.128. The van der Waals surface area contributed by atoms with Gasteiger partial charge in [-0.25, -0.2) is 0 Å². The normalized spacial score (nSPS) is 21.5. The Morgan fingerprint density at radius 3 is 2.96 bits per heavy atom. The summed E-state index contributed by atoms with van der Waals surface area (Å²) in [6.07, 6.45) is 4.86. The van der Waals surface area contributed by atoms with Gasteiger partial charge in [0.1, 0.15) is 0 Å². The van der Waals surface area contributed by atoms with Crippen LogP contribution in [0.5, 0.6) is 0 Å². The van der Waals surface area contributed by atoms with E-state index in [2.05, 4.69) is 23.0 Å². The second-order valence-corrected chi connectivity index (χ2v) is 7.16. The van der Waals surface area contributed by atoms with Gasteiger partial charge >= 0.3 is 0 Å². The van der Waals surface area contributed by atoms with Crippen LogP contribution in [0.15, 0.2) is 35.3 Å². The summed E-state index contributed by atoms with van der Waals surface area (Å²) in [5.41, 5.74) is 3.14. The van der Waals surface area contributed by atoms with Gasteiger partial charge in [0.15, 0.2) is 0 Å². The molecule has 1 saturated heterocycles. The van der Waals surface area contributed by atoms with Crippen LogP contribution >= 0.6 is 11.3 Å². The molecule has 1 aliphatic rings. The van der Waals surface area contributed by atoms with Gasteiger partial charge in [-0.3, -0.25) is 14.7 Å². The quantitative estimate of drug-likeness (QED) is 0.864. The molecule has 0 radical (unpaired) electrons. The minimum Gasteiger partial charge on any atom is -0.341 e. The van der Waals surface area contributed by atoms with Crippen LogP contribution in [0.2, 0.25) is 0 Å². The maximum Gasteiger partial charge on any atom is 0.254 e. The summed E-state index contributed by atoms with van der Waals surface area (Å²) in [4.78, 5) is 21.2. The molecule has 122 valence electrons. The summed E-state index contributed by atoms with van der Waals surface area (Å²) in [5.74, 6) is 0.570. The van der Waals surface area contributed by atoms with Gasteiger partial charge in [-0.05, 0) is 55.4 Å². The van der Waals surface area contributed by atoms with Crippen LogP contribution in [0.25, 0.3) is 0 Å². The van der Waals surface area contributed by atoms with E-state index in [-0.39, 0.29) is 5.91 Å². The highest BCUT2D eigenvalue weighted by atomic mass is 32.1. The van der Waals surface area contributed by atoms with Gasteiger partial charge in [0, 0.05) is 37.4 Å². The molecule has 0 bridgehead atoms. The van der Waals surface area contributed by atoms with E-state index in [0.717, 1.165) is 30.6 Å². The lowest BCUT2D eigenvalue weighted by Crippen LogP contribution is -2.34. The summed E-state index contributed by atoms with van der Waals surface area (Å²) < 4.78 is 0. The van der Waals surface area contributed by atoms with Crippen molar-refractivity contribution in [3.05, 3.63) is 52.0 Å². The van der Waals surface area contributed by atoms with Crippen molar-refractivity contribution in [1.82, 2.24) is 14.8 Å². The number of carbonyl (C=O) groups excluding carboxylic acids is 1. The second kappa shape index (κ2) is 6.81. The number of nitrogens with zero attached hydrogens (tertiary/aromatic N) is 3. The number of aryl methyl sites for hydroxylation is 1. The first-order valence-corrected chi connectivity index (χ1v) is 8.90. The largest absolute Gasteiger partial charge is 0.341 e. The molecule has 3 heterocycles. The molecule has 0 spiro atoms. The number of likely N-dealkylation sites (tertiary alicyclic amines) is 1. The van der Waals surface area contributed by atoms with Gasteiger partial charge in [-0.15, -0.1) is 0 Å². The Morgan fingerprint density at radius 2 is 2.30 bits per heavy atom. The zero-order valence-corrected chi connectivity index (χ0v) is 14.7. The first-order chi connectivity index (χ1) is 11.1. The Labute approximate surface area is 141 Å². The highest BCUT2D eigenvalue weighted by molar-refractivity contribution is 7.08. The van der Waals surface area contributed by atoms with Gasteiger partial charge in [0.25, 0.3) is 5.91 Å². The number of rotatable bonds is 4. The molecule has 5 heteroatoms. The van der Waals surface area contributed by atoms with Crippen molar-refractivity contribution in [2.75, 3.05) is 27.2 Å². The third-order valence-electron chi connectivity index (χ3n) is 4.74. The van der Waals surface area contributed by atoms with Crippen molar-refractivity contribution < 1.29 is 4.79 Å².